The maximum absolute atomic E-state index is 6.05. The zero-order chi connectivity index (χ0) is 13.8. The molecule has 0 bridgehead atoms. The van der Waals surface area contributed by atoms with E-state index in [9.17, 15) is 0 Å². The predicted molar refractivity (Wildman–Crippen MR) is 78.2 cm³/mol. The normalized spacial score (nSPS) is 12.4. The fourth-order valence-electron chi connectivity index (χ4n) is 1.92. The summed E-state index contributed by atoms with van der Waals surface area (Å²) in [4.78, 5) is 0. The summed E-state index contributed by atoms with van der Waals surface area (Å²) in [6.45, 7) is 6.91. The highest BCUT2D eigenvalue weighted by Crippen LogP contribution is 2.27. The van der Waals surface area contributed by atoms with Gasteiger partial charge in [0.25, 0.3) is 0 Å². The Hall–Kier alpha value is -1.97. The lowest BCUT2D eigenvalue weighted by Crippen LogP contribution is -2.04. The molecule has 4 heteroatoms. The molecular formula is C15H21N3O. The van der Waals surface area contributed by atoms with Crippen molar-refractivity contribution in [2.24, 2.45) is 0 Å². The molecular weight excluding hydrogens is 238 g/mol. The van der Waals surface area contributed by atoms with E-state index < -0.39 is 0 Å². The zero-order valence-corrected chi connectivity index (χ0v) is 11.8. The molecule has 102 valence electrons. The summed E-state index contributed by atoms with van der Waals surface area (Å²) in [5.74, 6) is 0.867. The summed E-state index contributed by atoms with van der Waals surface area (Å²) in [5.41, 5.74) is 8.61. The second-order valence-corrected chi connectivity index (χ2v) is 4.63. The second-order valence-electron chi connectivity index (χ2n) is 4.63. The van der Waals surface area contributed by atoms with Crippen molar-refractivity contribution in [2.45, 2.75) is 33.2 Å². The number of hydrogen-bond donors (Lipinski definition) is 1. The first-order chi connectivity index (χ1) is 9.15. The number of nitrogen functional groups attached to an aromatic ring is 1. The fourth-order valence-corrected chi connectivity index (χ4v) is 1.92. The Morgan fingerprint density at radius 3 is 2.53 bits per heavy atom. The zero-order valence-electron chi connectivity index (χ0n) is 11.8. The molecule has 0 aliphatic rings. The fraction of sp³-hybridized carbons (Fsp3) is 0.400. The van der Waals surface area contributed by atoms with E-state index in [2.05, 4.69) is 18.9 Å². The lowest BCUT2D eigenvalue weighted by atomic mass is 10.1. The molecule has 2 rings (SSSR count). The number of rotatable bonds is 5. The summed E-state index contributed by atoms with van der Waals surface area (Å²) in [5, 5.41) is 4.58. The first-order valence-electron chi connectivity index (χ1n) is 6.73. The van der Waals surface area contributed by atoms with Crippen LogP contribution >= 0.6 is 0 Å². The summed E-state index contributed by atoms with van der Waals surface area (Å²) < 4.78 is 7.36. The van der Waals surface area contributed by atoms with Crippen molar-refractivity contribution < 1.29 is 4.74 Å². The molecule has 0 saturated heterocycles. The van der Waals surface area contributed by atoms with Crippen molar-refractivity contribution in [2.75, 3.05) is 12.3 Å². The van der Waals surface area contributed by atoms with Crippen LogP contribution in [-0.2, 0) is 0 Å². The first kappa shape index (κ1) is 13.5. The molecule has 1 aromatic carbocycles. The number of nitrogens with zero attached hydrogens (tertiary/aromatic N) is 2. The van der Waals surface area contributed by atoms with Gasteiger partial charge in [-0.3, -0.25) is 4.68 Å². The molecule has 19 heavy (non-hydrogen) atoms. The van der Waals surface area contributed by atoms with Crippen LogP contribution in [0.15, 0.2) is 30.5 Å². The Bertz CT molecular complexity index is 531. The van der Waals surface area contributed by atoms with Crippen LogP contribution in [0.4, 0.5) is 5.69 Å². The van der Waals surface area contributed by atoms with Gasteiger partial charge in [0.1, 0.15) is 11.4 Å². The molecule has 2 aromatic rings. The van der Waals surface area contributed by atoms with E-state index in [-0.39, 0.29) is 0 Å². The molecule has 0 aliphatic carbocycles. The molecule has 1 atom stereocenters. The summed E-state index contributed by atoms with van der Waals surface area (Å²) in [7, 11) is 0. The van der Waals surface area contributed by atoms with Crippen molar-refractivity contribution in [3.8, 4) is 17.0 Å². The molecule has 0 fully saturated rings. The smallest absolute Gasteiger partial charge is 0.119 e. The number of benzene rings is 1. The first-order valence-corrected chi connectivity index (χ1v) is 6.73. The largest absolute Gasteiger partial charge is 0.494 e. The Labute approximate surface area is 114 Å². The average Bonchev–Trinajstić information content (AvgIpc) is 2.81. The molecule has 1 aromatic heterocycles. The lowest BCUT2D eigenvalue weighted by Gasteiger charge is -2.08. The highest BCUT2D eigenvalue weighted by atomic mass is 16.5. The Kier molecular flexibility index (Phi) is 4.10. The van der Waals surface area contributed by atoms with Crippen molar-refractivity contribution in [3.63, 3.8) is 0 Å². The van der Waals surface area contributed by atoms with Crippen molar-refractivity contribution in [3.05, 3.63) is 30.5 Å². The van der Waals surface area contributed by atoms with Crippen molar-refractivity contribution >= 4 is 5.69 Å². The molecule has 0 radical (unpaired) electrons. The van der Waals surface area contributed by atoms with Crippen LogP contribution in [-0.4, -0.2) is 16.4 Å². The standard InChI is InChI=1S/C15H21N3O/c1-4-11(3)18-10-14(16)15(17-18)12-6-8-13(9-7-12)19-5-2/h6-11H,4-5,16H2,1-3H3. The minimum Gasteiger partial charge on any atom is -0.494 e. The van der Waals surface area contributed by atoms with Crippen LogP contribution in [0.5, 0.6) is 5.75 Å². The number of nitrogens with two attached hydrogens (primary N) is 1. The van der Waals surface area contributed by atoms with Crippen LogP contribution < -0.4 is 10.5 Å². The van der Waals surface area contributed by atoms with Gasteiger partial charge in [-0.2, -0.15) is 5.10 Å². The number of ether oxygens (including phenoxy) is 1. The van der Waals surface area contributed by atoms with E-state index in [0.29, 0.717) is 18.3 Å². The van der Waals surface area contributed by atoms with Gasteiger partial charge in [-0.05, 0) is 44.5 Å². The van der Waals surface area contributed by atoms with Crippen molar-refractivity contribution in [1.29, 1.82) is 0 Å². The van der Waals surface area contributed by atoms with E-state index in [1.807, 2.05) is 42.1 Å². The van der Waals surface area contributed by atoms with E-state index >= 15 is 0 Å². The quantitative estimate of drug-likeness (QED) is 0.894. The average molecular weight is 259 g/mol. The third kappa shape index (κ3) is 2.89. The van der Waals surface area contributed by atoms with Crippen LogP contribution in [0.25, 0.3) is 11.3 Å². The predicted octanol–water partition coefficient (Wildman–Crippen LogP) is 3.50. The minimum absolute atomic E-state index is 0.360. The van der Waals surface area contributed by atoms with Crippen LogP contribution in [0.1, 0.15) is 33.2 Å². The summed E-state index contributed by atoms with van der Waals surface area (Å²) >= 11 is 0. The van der Waals surface area contributed by atoms with Gasteiger partial charge in [0.2, 0.25) is 0 Å². The van der Waals surface area contributed by atoms with E-state index in [0.717, 1.165) is 23.4 Å². The van der Waals surface area contributed by atoms with Crippen LogP contribution in [0, 0.1) is 0 Å². The number of aromatic nitrogens is 2. The van der Waals surface area contributed by atoms with Gasteiger partial charge in [-0.25, -0.2) is 0 Å². The Balaban J connectivity index is 2.28. The van der Waals surface area contributed by atoms with Gasteiger partial charge in [0.15, 0.2) is 0 Å². The third-order valence-corrected chi connectivity index (χ3v) is 3.24. The molecule has 0 spiro atoms. The summed E-state index contributed by atoms with van der Waals surface area (Å²) in [6.07, 6.45) is 2.93. The molecule has 0 aliphatic heterocycles. The molecule has 4 nitrogen and oxygen atoms in total. The Morgan fingerprint density at radius 1 is 1.26 bits per heavy atom. The van der Waals surface area contributed by atoms with Crippen molar-refractivity contribution in [1.82, 2.24) is 9.78 Å². The summed E-state index contributed by atoms with van der Waals surface area (Å²) in [6, 6.07) is 8.23. The topological polar surface area (TPSA) is 53.1 Å². The van der Waals surface area contributed by atoms with E-state index in [1.54, 1.807) is 0 Å². The van der Waals surface area contributed by atoms with Gasteiger partial charge in [0, 0.05) is 17.8 Å². The highest BCUT2D eigenvalue weighted by Gasteiger charge is 2.11. The van der Waals surface area contributed by atoms with Crippen LogP contribution in [0.3, 0.4) is 0 Å². The Morgan fingerprint density at radius 2 is 1.95 bits per heavy atom. The number of hydrogen-bond acceptors (Lipinski definition) is 3. The minimum atomic E-state index is 0.360. The SMILES string of the molecule is CCOc1ccc(-c2nn(C(C)CC)cc2N)cc1. The highest BCUT2D eigenvalue weighted by molar-refractivity contribution is 5.72. The van der Waals surface area contributed by atoms with Gasteiger partial charge in [0.05, 0.1) is 12.3 Å². The molecule has 0 amide bonds. The monoisotopic (exact) mass is 259 g/mol. The maximum atomic E-state index is 6.05. The maximum Gasteiger partial charge on any atom is 0.119 e. The lowest BCUT2D eigenvalue weighted by molar-refractivity contribution is 0.340. The second kappa shape index (κ2) is 5.78. The van der Waals surface area contributed by atoms with Crippen LogP contribution in [0.2, 0.25) is 0 Å². The van der Waals surface area contributed by atoms with Gasteiger partial charge in [-0.15, -0.1) is 0 Å². The van der Waals surface area contributed by atoms with Gasteiger partial charge >= 0.3 is 0 Å². The van der Waals surface area contributed by atoms with Gasteiger partial charge in [-0.1, -0.05) is 6.92 Å². The molecule has 2 N–H and O–H groups in total. The molecule has 1 unspecified atom stereocenters. The van der Waals surface area contributed by atoms with E-state index in [4.69, 9.17) is 10.5 Å². The van der Waals surface area contributed by atoms with Gasteiger partial charge < -0.3 is 10.5 Å². The number of anilines is 1. The molecule has 1 heterocycles. The van der Waals surface area contributed by atoms with E-state index in [1.165, 1.54) is 0 Å². The molecule has 0 saturated carbocycles. The third-order valence-electron chi connectivity index (χ3n) is 3.24.